The Morgan fingerprint density at radius 3 is 2.33 bits per heavy atom. The van der Waals surface area contributed by atoms with Crippen molar-refractivity contribution in [2.24, 2.45) is 5.92 Å². The third-order valence-electron chi connectivity index (χ3n) is 3.95. The second kappa shape index (κ2) is 7.41. The number of carbonyl (C=O) groups is 1. The summed E-state index contributed by atoms with van der Waals surface area (Å²) in [5.74, 6) is 0.0737. The lowest BCUT2D eigenvalue weighted by molar-refractivity contribution is -0.126. The molecule has 0 radical (unpaired) electrons. The van der Waals surface area contributed by atoms with Crippen molar-refractivity contribution in [3.63, 3.8) is 0 Å². The number of amides is 1. The molecule has 0 aliphatic heterocycles. The molecule has 1 rings (SSSR count). The summed E-state index contributed by atoms with van der Waals surface area (Å²) in [5.41, 5.74) is -0.598. The van der Waals surface area contributed by atoms with Crippen LogP contribution in [0.4, 0.5) is 0 Å². The average molecular weight is 250 g/mol. The molecule has 18 heavy (non-hydrogen) atoms. The summed E-state index contributed by atoms with van der Waals surface area (Å²) in [7, 11) is 0. The number of nitrogens with zero attached hydrogens (tertiary/aromatic N) is 1. The van der Waals surface area contributed by atoms with E-state index in [1.165, 1.54) is 19.3 Å². The molecule has 1 saturated carbocycles. The van der Waals surface area contributed by atoms with E-state index in [0.717, 1.165) is 38.5 Å². The predicted molar refractivity (Wildman–Crippen MR) is 72.9 cm³/mol. The highest BCUT2D eigenvalue weighted by atomic mass is 16.2. The highest BCUT2D eigenvalue weighted by Gasteiger charge is 2.32. The maximum atomic E-state index is 12.1. The SMILES string of the molecule is CCCC(C)C(=O)NC1(C#N)CCCCCCC1. The fourth-order valence-electron chi connectivity index (χ4n) is 2.70. The maximum absolute atomic E-state index is 12.1. The first-order valence-corrected chi connectivity index (χ1v) is 7.37. The Kier molecular flexibility index (Phi) is 6.18. The number of rotatable bonds is 4. The van der Waals surface area contributed by atoms with E-state index in [-0.39, 0.29) is 11.8 Å². The minimum atomic E-state index is -0.598. The molecule has 1 N–H and O–H groups in total. The van der Waals surface area contributed by atoms with Crippen molar-refractivity contribution < 1.29 is 4.79 Å². The molecule has 1 fully saturated rings. The van der Waals surface area contributed by atoms with Gasteiger partial charge in [-0.15, -0.1) is 0 Å². The first-order chi connectivity index (χ1) is 8.63. The molecule has 1 aliphatic rings. The minimum absolute atomic E-state index is 0.0191. The molecule has 3 nitrogen and oxygen atoms in total. The number of nitrogens with one attached hydrogen (secondary N) is 1. The van der Waals surface area contributed by atoms with Crippen LogP contribution in [-0.2, 0) is 4.79 Å². The van der Waals surface area contributed by atoms with Crippen molar-refractivity contribution in [3.05, 3.63) is 0 Å². The van der Waals surface area contributed by atoms with Gasteiger partial charge in [0.15, 0.2) is 0 Å². The lowest BCUT2D eigenvalue weighted by Crippen LogP contribution is -2.49. The van der Waals surface area contributed by atoms with Crippen LogP contribution in [0.2, 0.25) is 0 Å². The third-order valence-corrected chi connectivity index (χ3v) is 3.95. The van der Waals surface area contributed by atoms with Gasteiger partial charge in [0.25, 0.3) is 0 Å². The van der Waals surface area contributed by atoms with E-state index in [9.17, 15) is 10.1 Å². The summed E-state index contributed by atoms with van der Waals surface area (Å²) in [6.07, 6.45) is 9.27. The van der Waals surface area contributed by atoms with Crippen molar-refractivity contribution in [2.75, 3.05) is 0 Å². The highest BCUT2D eigenvalue weighted by Crippen LogP contribution is 2.26. The Labute approximate surface area is 111 Å². The van der Waals surface area contributed by atoms with Crippen molar-refractivity contribution in [2.45, 2.75) is 77.2 Å². The van der Waals surface area contributed by atoms with Gasteiger partial charge in [0.05, 0.1) is 6.07 Å². The summed E-state index contributed by atoms with van der Waals surface area (Å²) in [5, 5.41) is 12.5. The summed E-state index contributed by atoms with van der Waals surface area (Å²) in [6.45, 7) is 4.03. The summed E-state index contributed by atoms with van der Waals surface area (Å²) >= 11 is 0. The monoisotopic (exact) mass is 250 g/mol. The zero-order valence-corrected chi connectivity index (χ0v) is 11.8. The molecule has 102 valence electrons. The zero-order chi connectivity index (χ0) is 13.4. The normalized spacial score (nSPS) is 21.2. The fraction of sp³-hybridized carbons (Fsp3) is 0.867. The third kappa shape index (κ3) is 4.33. The van der Waals surface area contributed by atoms with Crippen LogP contribution >= 0.6 is 0 Å². The molecule has 1 atom stereocenters. The second-order valence-electron chi connectivity index (χ2n) is 5.64. The number of nitriles is 1. The van der Waals surface area contributed by atoms with Crippen molar-refractivity contribution >= 4 is 5.91 Å². The molecule has 0 aromatic heterocycles. The first kappa shape index (κ1) is 15.0. The zero-order valence-electron chi connectivity index (χ0n) is 11.8. The Hall–Kier alpha value is -1.04. The van der Waals surface area contributed by atoms with Gasteiger partial charge in [-0.2, -0.15) is 5.26 Å². The van der Waals surface area contributed by atoms with Crippen LogP contribution in [0.5, 0.6) is 0 Å². The van der Waals surface area contributed by atoms with Gasteiger partial charge < -0.3 is 5.32 Å². The van der Waals surface area contributed by atoms with Crippen LogP contribution in [0.25, 0.3) is 0 Å². The number of hydrogen-bond donors (Lipinski definition) is 1. The number of carbonyl (C=O) groups excluding carboxylic acids is 1. The highest BCUT2D eigenvalue weighted by molar-refractivity contribution is 5.79. The number of hydrogen-bond acceptors (Lipinski definition) is 2. The molecular weight excluding hydrogens is 224 g/mol. The minimum Gasteiger partial charge on any atom is -0.338 e. The van der Waals surface area contributed by atoms with Gasteiger partial charge in [-0.1, -0.05) is 52.4 Å². The fourth-order valence-corrected chi connectivity index (χ4v) is 2.70. The van der Waals surface area contributed by atoms with Gasteiger partial charge in [0.1, 0.15) is 5.54 Å². The maximum Gasteiger partial charge on any atom is 0.224 e. The van der Waals surface area contributed by atoms with Crippen LogP contribution in [-0.4, -0.2) is 11.4 Å². The van der Waals surface area contributed by atoms with Crippen molar-refractivity contribution in [3.8, 4) is 6.07 Å². The van der Waals surface area contributed by atoms with Crippen LogP contribution in [0.1, 0.15) is 71.6 Å². The summed E-state index contributed by atoms with van der Waals surface area (Å²) in [6, 6.07) is 2.38. The van der Waals surface area contributed by atoms with E-state index in [1.807, 2.05) is 6.92 Å². The summed E-state index contributed by atoms with van der Waals surface area (Å²) < 4.78 is 0. The molecule has 3 heteroatoms. The van der Waals surface area contributed by atoms with Crippen LogP contribution < -0.4 is 5.32 Å². The van der Waals surface area contributed by atoms with Gasteiger partial charge in [-0.25, -0.2) is 0 Å². The lowest BCUT2D eigenvalue weighted by Gasteiger charge is -2.30. The van der Waals surface area contributed by atoms with Crippen molar-refractivity contribution in [1.29, 1.82) is 5.26 Å². The Morgan fingerprint density at radius 1 is 1.28 bits per heavy atom. The van der Waals surface area contributed by atoms with Crippen LogP contribution in [0, 0.1) is 17.2 Å². The molecular formula is C15H26N2O. The van der Waals surface area contributed by atoms with E-state index in [0.29, 0.717) is 0 Å². The quantitative estimate of drug-likeness (QED) is 0.829. The van der Waals surface area contributed by atoms with E-state index in [4.69, 9.17) is 0 Å². The van der Waals surface area contributed by atoms with E-state index in [2.05, 4.69) is 18.3 Å². The van der Waals surface area contributed by atoms with E-state index in [1.54, 1.807) is 0 Å². The van der Waals surface area contributed by atoms with Crippen LogP contribution in [0.3, 0.4) is 0 Å². The molecule has 0 aromatic rings. The molecule has 1 amide bonds. The topological polar surface area (TPSA) is 52.9 Å². The molecule has 1 unspecified atom stereocenters. The van der Waals surface area contributed by atoms with Gasteiger partial charge >= 0.3 is 0 Å². The van der Waals surface area contributed by atoms with Gasteiger partial charge in [-0.3, -0.25) is 4.79 Å². The van der Waals surface area contributed by atoms with Gasteiger partial charge in [0.2, 0.25) is 5.91 Å². The van der Waals surface area contributed by atoms with Gasteiger partial charge in [-0.05, 0) is 19.3 Å². The Balaban J connectivity index is 2.62. The lowest BCUT2D eigenvalue weighted by atomic mass is 9.84. The molecule has 0 spiro atoms. The Bertz CT molecular complexity index is 298. The van der Waals surface area contributed by atoms with E-state index < -0.39 is 5.54 Å². The van der Waals surface area contributed by atoms with Crippen LogP contribution in [0.15, 0.2) is 0 Å². The second-order valence-corrected chi connectivity index (χ2v) is 5.64. The molecule has 0 bridgehead atoms. The van der Waals surface area contributed by atoms with Gasteiger partial charge in [0, 0.05) is 5.92 Å². The standard InChI is InChI=1S/C15H26N2O/c1-3-9-13(2)14(18)17-15(12-16)10-7-5-4-6-8-11-15/h13H,3-11H2,1-2H3,(H,17,18). The molecule has 0 saturated heterocycles. The summed E-state index contributed by atoms with van der Waals surface area (Å²) in [4.78, 5) is 12.1. The predicted octanol–water partition coefficient (Wildman–Crippen LogP) is 3.55. The molecule has 0 aromatic carbocycles. The first-order valence-electron chi connectivity index (χ1n) is 7.37. The smallest absolute Gasteiger partial charge is 0.224 e. The molecule has 0 heterocycles. The Morgan fingerprint density at radius 2 is 1.83 bits per heavy atom. The average Bonchev–Trinajstić information content (AvgIpc) is 2.33. The van der Waals surface area contributed by atoms with Crippen molar-refractivity contribution in [1.82, 2.24) is 5.32 Å². The van der Waals surface area contributed by atoms with E-state index >= 15 is 0 Å². The largest absolute Gasteiger partial charge is 0.338 e. The molecule has 1 aliphatic carbocycles.